The zero-order valence-corrected chi connectivity index (χ0v) is 12.7. The van der Waals surface area contributed by atoms with Crippen molar-refractivity contribution in [1.29, 1.82) is 0 Å². The van der Waals surface area contributed by atoms with E-state index in [4.69, 9.17) is 0 Å². The summed E-state index contributed by atoms with van der Waals surface area (Å²) in [6.45, 7) is 0.121. The quantitative estimate of drug-likeness (QED) is 0.815. The zero-order chi connectivity index (χ0) is 16.2. The van der Waals surface area contributed by atoms with Crippen molar-refractivity contribution in [1.82, 2.24) is 5.32 Å². The lowest BCUT2D eigenvalue weighted by atomic mass is 9.88. The molecule has 1 atom stereocenters. The van der Waals surface area contributed by atoms with Gasteiger partial charge in [0.2, 0.25) is 0 Å². The van der Waals surface area contributed by atoms with E-state index in [1.807, 2.05) is 18.2 Å². The van der Waals surface area contributed by atoms with Crippen LogP contribution in [-0.4, -0.2) is 17.2 Å². The number of hydrogen-bond donors (Lipinski definition) is 3. The Kier molecular flexibility index (Phi) is 4.57. The number of carbonyl (C=O) groups is 1. The lowest BCUT2D eigenvalue weighted by molar-refractivity contribution is 0.159. The van der Waals surface area contributed by atoms with Gasteiger partial charge in [0.25, 0.3) is 0 Å². The number of fused-ring (bicyclic) bond motifs is 1. The molecule has 0 aromatic heterocycles. The summed E-state index contributed by atoms with van der Waals surface area (Å²) in [5.41, 5.74) is 3.27. The Morgan fingerprint density at radius 1 is 1.22 bits per heavy atom. The number of urea groups is 1. The third-order valence-electron chi connectivity index (χ3n) is 4.11. The molecule has 4 nitrogen and oxygen atoms in total. The number of hydrogen-bond acceptors (Lipinski definition) is 2. The number of anilines is 1. The molecule has 5 heteroatoms. The van der Waals surface area contributed by atoms with Crippen LogP contribution in [0.3, 0.4) is 0 Å². The molecule has 2 amide bonds. The van der Waals surface area contributed by atoms with Crippen LogP contribution in [0.4, 0.5) is 14.9 Å². The van der Waals surface area contributed by atoms with Crippen LogP contribution in [0.1, 0.15) is 23.1 Å². The second-order valence-electron chi connectivity index (χ2n) is 5.74. The minimum atomic E-state index is -0.387. The van der Waals surface area contributed by atoms with E-state index in [0.29, 0.717) is 17.7 Å². The number of nitrogens with one attached hydrogen (secondary N) is 2. The van der Waals surface area contributed by atoms with E-state index >= 15 is 0 Å². The van der Waals surface area contributed by atoms with Crippen molar-refractivity contribution in [2.75, 3.05) is 5.32 Å². The number of halogens is 1. The number of aliphatic hydroxyl groups is 1. The Bertz CT molecular complexity index is 718. The van der Waals surface area contributed by atoms with Gasteiger partial charge < -0.3 is 15.7 Å². The first kappa shape index (κ1) is 15.5. The summed E-state index contributed by atoms with van der Waals surface area (Å²) in [4.78, 5) is 12.1. The highest BCUT2D eigenvalue weighted by Gasteiger charge is 2.19. The van der Waals surface area contributed by atoms with E-state index in [-0.39, 0.29) is 24.5 Å². The molecule has 0 bridgehead atoms. The minimum Gasteiger partial charge on any atom is -0.393 e. The molecule has 0 fully saturated rings. The first-order valence-corrected chi connectivity index (χ1v) is 7.70. The van der Waals surface area contributed by atoms with Crippen molar-refractivity contribution in [2.24, 2.45) is 0 Å². The number of aliphatic hydroxyl groups excluding tert-OH is 1. The highest BCUT2D eigenvalue weighted by atomic mass is 19.1. The van der Waals surface area contributed by atoms with Gasteiger partial charge in [-0.25, -0.2) is 9.18 Å². The molecule has 0 saturated heterocycles. The molecule has 0 saturated carbocycles. The zero-order valence-electron chi connectivity index (χ0n) is 12.7. The Morgan fingerprint density at radius 2 is 2.04 bits per heavy atom. The van der Waals surface area contributed by atoms with Crippen molar-refractivity contribution < 1.29 is 14.3 Å². The molecule has 0 radical (unpaired) electrons. The van der Waals surface area contributed by atoms with Crippen LogP contribution >= 0.6 is 0 Å². The molecule has 1 unspecified atom stereocenters. The summed E-state index contributed by atoms with van der Waals surface area (Å²) < 4.78 is 13.5. The summed E-state index contributed by atoms with van der Waals surface area (Å²) >= 11 is 0. The molecule has 23 heavy (non-hydrogen) atoms. The lowest BCUT2D eigenvalue weighted by Crippen LogP contribution is -2.30. The van der Waals surface area contributed by atoms with E-state index in [9.17, 15) is 14.3 Å². The number of carbonyl (C=O) groups excluding carboxylic acids is 1. The first-order chi connectivity index (χ1) is 11.1. The van der Waals surface area contributed by atoms with Crippen LogP contribution in [0, 0.1) is 5.82 Å². The topological polar surface area (TPSA) is 61.4 Å². The fraction of sp³-hybridized carbons (Fsp3) is 0.278. The van der Waals surface area contributed by atoms with Crippen molar-refractivity contribution in [3.05, 3.63) is 65.0 Å². The smallest absolute Gasteiger partial charge is 0.319 e. The average Bonchev–Trinajstić information content (AvgIpc) is 2.55. The molecule has 2 aromatic rings. The van der Waals surface area contributed by atoms with Crippen LogP contribution in [0.2, 0.25) is 0 Å². The Hall–Kier alpha value is -2.40. The molecule has 0 heterocycles. The molecule has 0 spiro atoms. The number of amides is 2. The largest absolute Gasteiger partial charge is 0.393 e. The van der Waals surface area contributed by atoms with Gasteiger partial charge in [-0.1, -0.05) is 30.3 Å². The van der Waals surface area contributed by atoms with Crippen LogP contribution in [0.5, 0.6) is 0 Å². The summed E-state index contributed by atoms with van der Waals surface area (Å²) in [5, 5.41) is 15.3. The standard InChI is InChI=1S/C18H19FN2O2/c19-16-6-2-1-4-13(16)11-20-18(23)21-17-7-3-5-12-8-9-14(22)10-15(12)17/h1-7,14,22H,8-11H2,(H2,20,21,23). The average molecular weight is 314 g/mol. The predicted molar refractivity (Wildman–Crippen MR) is 86.7 cm³/mol. The maximum absolute atomic E-state index is 13.5. The molecule has 120 valence electrons. The SMILES string of the molecule is O=C(NCc1ccccc1F)Nc1cccc2c1CC(O)CC2. The summed E-state index contributed by atoms with van der Waals surface area (Å²) in [6, 6.07) is 11.7. The van der Waals surface area contributed by atoms with E-state index in [0.717, 1.165) is 24.0 Å². The Labute approximate surface area is 134 Å². The van der Waals surface area contributed by atoms with Gasteiger partial charge in [-0.15, -0.1) is 0 Å². The van der Waals surface area contributed by atoms with Gasteiger partial charge in [0, 0.05) is 24.2 Å². The van der Waals surface area contributed by atoms with Crippen molar-refractivity contribution in [2.45, 2.75) is 31.9 Å². The fourth-order valence-electron chi connectivity index (χ4n) is 2.87. The van der Waals surface area contributed by atoms with Crippen LogP contribution in [-0.2, 0) is 19.4 Å². The fourth-order valence-corrected chi connectivity index (χ4v) is 2.87. The molecule has 3 N–H and O–H groups in total. The number of aryl methyl sites for hydroxylation is 1. The second-order valence-corrected chi connectivity index (χ2v) is 5.74. The molecule has 0 aliphatic heterocycles. The van der Waals surface area contributed by atoms with Gasteiger partial charge in [0.05, 0.1) is 6.10 Å². The highest BCUT2D eigenvalue weighted by molar-refractivity contribution is 5.90. The van der Waals surface area contributed by atoms with Crippen molar-refractivity contribution in [3.63, 3.8) is 0 Å². The van der Waals surface area contributed by atoms with E-state index in [2.05, 4.69) is 10.6 Å². The van der Waals surface area contributed by atoms with E-state index in [1.165, 1.54) is 6.07 Å². The lowest BCUT2D eigenvalue weighted by Gasteiger charge is -2.23. The van der Waals surface area contributed by atoms with Crippen molar-refractivity contribution >= 4 is 11.7 Å². The van der Waals surface area contributed by atoms with Gasteiger partial charge in [0.15, 0.2) is 0 Å². The van der Waals surface area contributed by atoms with Gasteiger partial charge in [0.1, 0.15) is 5.82 Å². The summed E-state index contributed by atoms with van der Waals surface area (Å²) in [6.07, 6.45) is 1.73. The van der Waals surface area contributed by atoms with Crippen molar-refractivity contribution in [3.8, 4) is 0 Å². The summed E-state index contributed by atoms with van der Waals surface area (Å²) in [5.74, 6) is -0.340. The highest BCUT2D eigenvalue weighted by Crippen LogP contribution is 2.28. The molecule has 2 aromatic carbocycles. The van der Waals surface area contributed by atoms with Crippen LogP contribution in [0.15, 0.2) is 42.5 Å². The molecule has 1 aliphatic rings. The molecule has 3 rings (SSSR count). The minimum absolute atomic E-state index is 0.121. The molecular weight excluding hydrogens is 295 g/mol. The third-order valence-corrected chi connectivity index (χ3v) is 4.11. The van der Waals surface area contributed by atoms with E-state index in [1.54, 1.807) is 18.2 Å². The van der Waals surface area contributed by atoms with Crippen LogP contribution in [0.25, 0.3) is 0 Å². The maximum Gasteiger partial charge on any atom is 0.319 e. The predicted octanol–water partition coefficient (Wildman–Crippen LogP) is 3.00. The number of rotatable bonds is 3. The van der Waals surface area contributed by atoms with Gasteiger partial charge in [-0.2, -0.15) is 0 Å². The maximum atomic E-state index is 13.5. The van der Waals surface area contributed by atoms with Crippen LogP contribution < -0.4 is 10.6 Å². The monoisotopic (exact) mass is 314 g/mol. The molecular formula is C18H19FN2O2. The van der Waals surface area contributed by atoms with Gasteiger partial charge >= 0.3 is 6.03 Å². The molecule has 1 aliphatic carbocycles. The summed E-state index contributed by atoms with van der Waals surface area (Å²) in [7, 11) is 0. The third kappa shape index (κ3) is 3.68. The normalized spacial score (nSPS) is 16.5. The van der Waals surface area contributed by atoms with E-state index < -0.39 is 0 Å². The Balaban J connectivity index is 1.66. The Morgan fingerprint density at radius 3 is 2.87 bits per heavy atom. The van der Waals surface area contributed by atoms with Gasteiger partial charge in [-0.3, -0.25) is 0 Å². The number of benzene rings is 2. The first-order valence-electron chi connectivity index (χ1n) is 7.70. The second kappa shape index (κ2) is 6.79. The van der Waals surface area contributed by atoms with Gasteiger partial charge in [-0.05, 0) is 36.1 Å².